The van der Waals surface area contributed by atoms with Gasteiger partial charge in [-0.2, -0.15) is 0 Å². The van der Waals surface area contributed by atoms with Crippen LogP contribution in [0.3, 0.4) is 0 Å². The second-order valence-electron chi connectivity index (χ2n) is 9.21. The number of imidazole rings is 1. The fourth-order valence-corrected chi connectivity index (χ4v) is 4.81. The standard InChI is InChI=1S/C23H27F2N2O7PS/c1-13(2)22-26-21(23(3,4)28)11-27(22)19-7-6-14(8-18(19)25)15-9-17(24)16(12-34-35(29,30)31)20(10-15)36(5,32)33/h6-11,13,28H,12H2,1-5H3,(H2,29,30,31). The molecule has 36 heavy (non-hydrogen) atoms. The fourth-order valence-electron chi connectivity index (χ4n) is 3.57. The summed E-state index contributed by atoms with van der Waals surface area (Å²) in [5.74, 6) is -1.38. The second kappa shape index (κ2) is 9.77. The number of sulfone groups is 1. The van der Waals surface area contributed by atoms with Gasteiger partial charge < -0.3 is 19.5 Å². The van der Waals surface area contributed by atoms with Crippen LogP contribution in [0.1, 0.15) is 50.7 Å². The van der Waals surface area contributed by atoms with Gasteiger partial charge in [0.2, 0.25) is 0 Å². The van der Waals surface area contributed by atoms with E-state index in [2.05, 4.69) is 9.51 Å². The third kappa shape index (κ3) is 6.26. The quantitative estimate of drug-likeness (QED) is 0.359. The number of phosphoric ester groups is 1. The van der Waals surface area contributed by atoms with Crippen LogP contribution in [0.25, 0.3) is 16.8 Å². The normalized spacial score (nSPS) is 13.0. The van der Waals surface area contributed by atoms with E-state index in [1.807, 2.05) is 13.8 Å². The van der Waals surface area contributed by atoms with Crippen LogP contribution in [0.5, 0.6) is 0 Å². The van der Waals surface area contributed by atoms with Crippen LogP contribution in [0.15, 0.2) is 41.4 Å². The Bertz CT molecular complexity index is 1460. The molecule has 0 aliphatic rings. The highest BCUT2D eigenvalue weighted by Gasteiger charge is 2.26. The molecule has 0 spiro atoms. The van der Waals surface area contributed by atoms with Crippen LogP contribution in [-0.2, 0) is 31.1 Å². The van der Waals surface area contributed by atoms with Gasteiger partial charge in [0.25, 0.3) is 0 Å². The summed E-state index contributed by atoms with van der Waals surface area (Å²) in [4.78, 5) is 21.7. The van der Waals surface area contributed by atoms with Crippen molar-refractivity contribution in [3.63, 3.8) is 0 Å². The van der Waals surface area contributed by atoms with Crippen LogP contribution in [0.4, 0.5) is 8.78 Å². The Kier molecular flexibility index (Phi) is 7.63. The van der Waals surface area contributed by atoms with Crippen LogP contribution in [-0.4, -0.2) is 39.1 Å². The van der Waals surface area contributed by atoms with Crippen molar-refractivity contribution in [2.45, 2.75) is 50.7 Å². The molecule has 3 aromatic rings. The average Bonchev–Trinajstić information content (AvgIpc) is 3.17. The van der Waals surface area contributed by atoms with Crippen LogP contribution >= 0.6 is 7.82 Å². The lowest BCUT2D eigenvalue weighted by molar-refractivity contribution is 0.0741. The number of nitrogens with zero attached hydrogens (tertiary/aromatic N) is 2. The first-order valence-corrected chi connectivity index (χ1v) is 14.2. The highest BCUT2D eigenvalue weighted by Crippen LogP contribution is 2.39. The SMILES string of the molecule is CC(C)c1nc(C(C)(C)O)cn1-c1ccc(-c2cc(F)c(COP(=O)(O)O)c(S(C)(=O)=O)c2)cc1F. The van der Waals surface area contributed by atoms with Crippen molar-refractivity contribution in [1.82, 2.24) is 9.55 Å². The Morgan fingerprint density at radius 1 is 1.11 bits per heavy atom. The summed E-state index contributed by atoms with van der Waals surface area (Å²) in [5.41, 5.74) is -1.14. The predicted octanol–water partition coefficient (Wildman–Crippen LogP) is 4.18. The summed E-state index contributed by atoms with van der Waals surface area (Å²) >= 11 is 0. The number of aliphatic hydroxyl groups is 1. The lowest BCUT2D eigenvalue weighted by Crippen LogP contribution is -2.16. The van der Waals surface area contributed by atoms with E-state index in [0.29, 0.717) is 11.5 Å². The topological polar surface area (TPSA) is 139 Å². The molecule has 0 saturated carbocycles. The van der Waals surface area contributed by atoms with E-state index >= 15 is 4.39 Å². The van der Waals surface area contributed by atoms with Gasteiger partial charge >= 0.3 is 7.82 Å². The summed E-state index contributed by atoms with van der Waals surface area (Å²) in [7, 11) is -9.03. The fraction of sp³-hybridized carbons (Fsp3) is 0.348. The minimum atomic E-state index is -4.99. The zero-order valence-electron chi connectivity index (χ0n) is 20.2. The molecule has 1 heterocycles. The molecule has 0 atom stereocenters. The number of aromatic nitrogens is 2. The summed E-state index contributed by atoms with van der Waals surface area (Å²) in [6.45, 7) is 5.88. The van der Waals surface area contributed by atoms with E-state index in [1.165, 1.54) is 22.9 Å². The number of benzene rings is 2. The Morgan fingerprint density at radius 2 is 1.72 bits per heavy atom. The molecule has 0 aliphatic carbocycles. The van der Waals surface area contributed by atoms with Gasteiger partial charge in [0, 0.05) is 23.9 Å². The third-order valence-corrected chi connectivity index (χ3v) is 6.98. The van der Waals surface area contributed by atoms with Gasteiger partial charge in [0.15, 0.2) is 9.84 Å². The van der Waals surface area contributed by atoms with Gasteiger partial charge in [-0.1, -0.05) is 19.9 Å². The molecule has 0 aliphatic heterocycles. The molecule has 0 saturated heterocycles. The largest absolute Gasteiger partial charge is 0.469 e. The first kappa shape index (κ1) is 28.1. The molecule has 3 N–H and O–H groups in total. The van der Waals surface area contributed by atoms with Crippen molar-refractivity contribution >= 4 is 17.7 Å². The molecule has 3 rings (SSSR count). The molecular formula is C23H27F2N2O7PS. The maximum atomic E-state index is 15.3. The van der Waals surface area contributed by atoms with Gasteiger partial charge in [0.05, 0.1) is 22.9 Å². The Morgan fingerprint density at radius 3 is 2.22 bits per heavy atom. The molecule has 196 valence electrons. The molecule has 0 amide bonds. The summed E-state index contributed by atoms with van der Waals surface area (Å²) in [6, 6.07) is 6.03. The lowest BCUT2D eigenvalue weighted by Gasteiger charge is -2.15. The zero-order valence-corrected chi connectivity index (χ0v) is 21.9. The van der Waals surface area contributed by atoms with Gasteiger partial charge in [0.1, 0.15) is 23.1 Å². The number of hydrogen-bond donors (Lipinski definition) is 3. The van der Waals surface area contributed by atoms with E-state index in [4.69, 9.17) is 9.79 Å². The predicted molar refractivity (Wildman–Crippen MR) is 128 cm³/mol. The highest BCUT2D eigenvalue weighted by atomic mass is 32.2. The lowest BCUT2D eigenvalue weighted by atomic mass is 10.0. The summed E-state index contributed by atoms with van der Waals surface area (Å²) in [5, 5.41) is 10.3. The highest BCUT2D eigenvalue weighted by molar-refractivity contribution is 7.90. The minimum absolute atomic E-state index is 0.0326. The molecule has 0 fully saturated rings. The molecule has 0 unspecified atom stereocenters. The summed E-state index contributed by atoms with van der Waals surface area (Å²) < 4.78 is 71.6. The summed E-state index contributed by atoms with van der Waals surface area (Å²) in [6.07, 6.45) is 2.34. The molecule has 0 bridgehead atoms. The second-order valence-corrected chi connectivity index (χ2v) is 12.4. The maximum absolute atomic E-state index is 15.3. The Hall–Kier alpha value is -2.47. The molecule has 2 aromatic carbocycles. The van der Waals surface area contributed by atoms with E-state index < -0.39 is 52.0 Å². The molecule has 9 nitrogen and oxygen atoms in total. The smallest absolute Gasteiger partial charge is 0.384 e. The van der Waals surface area contributed by atoms with E-state index in [9.17, 15) is 22.5 Å². The van der Waals surface area contributed by atoms with Crippen molar-refractivity contribution in [3.05, 3.63) is 65.2 Å². The number of rotatable bonds is 8. The minimum Gasteiger partial charge on any atom is -0.384 e. The van der Waals surface area contributed by atoms with Crippen molar-refractivity contribution in [2.75, 3.05) is 6.26 Å². The van der Waals surface area contributed by atoms with Crippen molar-refractivity contribution in [3.8, 4) is 16.8 Å². The molecule has 1 aromatic heterocycles. The van der Waals surface area contributed by atoms with Gasteiger partial charge in [-0.05, 0) is 49.2 Å². The molecule has 13 heteroatoms. The van der Waals surface area contributed by atoms with Crippen LogP contribution < -0.4 is 0 Å². The van der Waals surface area contributed by atoms with Crippen LogP contribution in [0.2, 0.25) is 0 Å². The Balaban J connectivity index is 2.11. The van der Waals surface area contributed by atoms with E-state index in [1.54, 1.807) is 13.8 Å². The van der Waals surface area contributed by atoms with Gasteiger partial charge in [-0.15, -0.1) is 0 Å². The number of phosphoric acid groups is 1. The number of halogens is 2. The number of hydrogen-bond acceptors (Lipinski definition) is 6. The molecule has 0 radical (unpaired) electrons. The van der Waals surface area contributed by atoms with E-state index in [-0.39, 0.29) is 22.7 Å². The zero-order chi connectivity index (χ0) is 27.2. The first-order chi connectivity index (χ1) is 16.4. The first-order valence-electron chi connectivity index (χ1n) is 10.7. The maximum Gasteiger partial charge on any atom is 0.469 e. The average molecular weight is 545 g/mol. The van der Waals surface area contributed by atoms with Gasteiger partial charge in [-0.3, -0.25) is 4.52 Å². The van der Waals surface area contributed by atoms with Crippen molar-refractivity contribution in [2.24, 2.45) is 0 Å². The monoisotopic (exact) mass is 544 g/mol. The van der Waals surface area contributed by atoms with Crippen molar-refractivity contribution < 1.29 is 41.2 Å². The third-order valence-electron chi connectivity index (χ3n) is 5.35. The van der Waals surface area contributed by atoms with Crippen molar-refractivity contribution in [1.29, 1.82) is 0 Å². The molecular weight excluding hydrogens is 517 g/mol. The van der Waals surface area contributed by atoms with E-state index in [0.717, 1.165) is 24.5 Å². The van der Waals surface area contributed by atoms with Gasteiger partial charge in [-0.25, -0.2) is 26.7 Å². The Labute approximate surface area is 207 Å². The van der Waals surface area contributed by atoms with Crippen LogP contribution in [0, 0.1) is 11.6 Å².